The molecule has 0 aliphatic heterocycles. The summed E-state index contributed by atoms with van der Waals surface area (Å²) in [6.45, 7) is 3.05. The van der Waals surface area contributed by atoms with Crippen molar-refractivity contribution in [3.8, 4) is 0 Å². The van der Waals surface area contributed by atoms with E-state index in [1.807, 2.05) is 4.68 Å². The van der Waals surface area contributed by atoms with Crippen molar-refractivity contribution in [3.63, 3.8) is 0 Å². The van der Waals surface area contributed by atoms with E-state index in [-0.39, 0.29) is 0 Å². The van der Waals surface area contributed by atoms with Gasteiger partial charge in [-0.25, -0.2) is 4.98 Å². The Morgan fingerprint density at radius 3 is 3.00 bits per heavy atom. The van der Waals surface area contributed by atoms with Crippen molar-refractivity contribution >= 4 is 0 Å². The van der Waals surface area contributed by atoms with Gasteiger partial charge in [-0.05, 0) is 37.1 Å². The Morgan fingerprint density at radius 1 is 1.31 bits per heavy atom. The number of nitrogens with zero attached hydrogens (tertiary/aromatic N) is 3. The summed E-state index contributed by atoms with van der Waals surface area (Å²) in [5, 5.41) is 7.61. The summed E-state index contributed by atoms with van der Waals surface area (Å²) in [5.74, 6) is 2.60. The number of hydrogen-bond donors (Lipinski definition) is 1. The second kappa shape index (κ2) is 4.37. The Morgan fingerprint density at radius 2 is 2.31 bits per heavy atom. The Kier molecular flexibility index (Phi) is 2.74. The molecule has 1 saturated carbocycles. The smallest absolute Gasteiger partial charge is 0.137 e. The molecule has 1 fully saturated rings. The van der Waals surface area contributed by atoms with Gasteiger partial charge < -0.3 is 5.32 Å². The average molecular weight is 218 g/mol. The minimum Gasteiger partial charge on any atom is -0.315 e. The fraction of sp³-hybridized carbons (Fsp3) is 0.667. The number of aromatic nitrogens is 3. The largest absolute Gasteiger partial charge is 0.315 e. The van der Waals surface area contributed by atoms with E-state index in [4.69, 9.17) is 0 Å². The maximum absolute atomic E-state index is 4.08. The SMILES string of the molecule is C1=CC2CC1CC2CNCCn1cncn1. The highest BCUT2D eigenvalue weighted by molar-refractivity contribution is 5.10. The molecule has 0 aromatic carbocycles. The van der Waals surface area contributed by atoms with Crippen LogP contribution in [0, 0.1) is 17.8 Å². The van der Waals surface area contributed by atoms with E-state index < -0.39 is 0 Å². The molecule has 3 unspecified atom stereocenters. The highest BCUT2D eigenvalue weighted by Gasteiger charge is 2.34. The number of nitrogens with one attached hydrogen (secondary N) is 1. The molecule has 1 aromatic heterocycles. The molecule has 0 spiro atoms. The van der Waals surface area contributed by atoms with Crippen LogP contribution in [0.25, 0.3) is 0 Å². The summed E-state index contributed by atoms with van der Waals surface area (Å²) in [4.78, 5) is 3.92. The number of fused-ring (bicyclic) bond motifs is 2. The zero-order valence-corrected chi connectivity index (χ0v) is 9.42. The Hall–Kier alpha value is -1.16. The van der Waals surface area contributed by atoms with Gasteiger partial charge in [-0.15, -0.1) is 0 Å². The minimum absolute atomic E-state index is 0.851. The average Bonchev–Trinajstić information content (AvgIpc) is 3.01. The molecular formula is C12H18N4. The second-order valence-electron chi connectivity index (χ2n) is 4.90. The lowest BCUT2D eigenvalue weighted by Gasteiger charge is -2.18. The Labute approximate surface area is 95.8 Å². The quantitative estimate of drug-likeness (QED) is 0.594. The van der Waals surface area contributed by atoms with Gasteiger partial charge in [-0.3, -0.25) is 4.68 Å². The van der Waals surface area contributed by atoms with Gasteiger partial charge in [-0.2, -0.15) is 5.10 Å². The van der Waals surface area contributed by atoms with Gasteiger partial charge in [0.1, 0.15) is 12.7 Å². The molecule has 4 nitrogen and oxygen atoms in total. The van der Waals surface area contributed by atoms with Crippen LogP contribution >= 0.6 is 0 Å². The van der Waals surface area contributed by atoms with Crippen molar-refractivity contribution in [2.45, 2.75) is 19.4 Å². The van der Waals surface area contributed by atoms with E-state index >= 15 is 0 Å². The van der Waals surface area contributed by atoms with Crippen LogP contribution in [0.1, 0.15) is 12.8 Å². The molecule has 1 N–H and O–H groups in total. The van der Waals surface area contributed by atoms with Gasteiger partial charge in [0.2, 0.25) is 0 Å². The summed E-state index contributed by atoms with van der Waals surface area (Å²) >= 11 is 0. The van der Waals surface area contributed by atoms with E-state index in [9.17, 15) is 0 Å². The zero-order chi connectivity index (χ0) is 10.8. The lowest BCUT2D eigenvalue weighted by Crippen LogP contribution is -2.28. The Balaban J connectivity index is 1.37. The summed E-state index contributed by atoms with van der Waals surface area (Å²) < 4.78 is 1.87. The topological polar surface area (TPSA) is 42.7 Å². The van der Waals surface area contributed by atoms with Crippen LogP contribution in [-0.4, -0.2) is 27.9 Å². The molecule has 0 radical (unpaired) electrons. The van der Waals surface area contributed by atoms with Gasteiger partial charge in [-0.1, -0.05) is 12.2 Å². The van der Waals surface area contributed by atoms with Gasteiger partial charge >= 0.3 is 0 Å². The first-order valence-corrected chi connectivity index (χ1v) is 6.13. The van der Waals surface area contributed by atoms with Crippen LogP contribution in [0.15, 0.2) is 24.8 Å². The first kappa shape index (κ1) is 10.0. The van der Waals surface area contributed by atoms with Crippen LogP contribution in [0.2, 0.25) is 0 Å². The third kappa shape index (κ3) is 2.02. The highest BCUT2D eigenvalue weighted by Crippen LogP contribution is 2.42. The van der Waals surface area contributed by atoms with E-state index in [2.05, 4.69) is 27.6 Å². The maximum Gasteiger partial charge on any atom is 0.137 e. The number of rotatable bonds is 5. The highest BCUT2D eigenvalue weighted by atomic mass is 15.3. The predicted octanol–water partition coefficient (Wildman–Crippen LogP) is 1.08. The van der Waals surface area contributed by atoms with Crippen LogP contribution in [0.4, 0.5) is 0 Å². The summed E-state index contributed by atoms with van der Waals surface area (Å²) in [7, 11) is 0. The molecule has 0 amide bonds. The lowest BCUT2D eigenvalue weighted by molar-refractivity contribution is 0.406. The molecule has 1 aromatic rings. The summed E-state index contributed by atoms with van der Waals surface area (Å²) in [6, 6.07) is 0. The van der Waals surface area contributed by atoms with Crippen LogP contribution in [0.5, 0.6) is 0 Å². The van der Waals surface area contributed by atoms with Crippen molar-refractivity contribution in [1.82, 2.24) is 20.1 Å². The Bertz CT molecular complexity index is 357. The summed E-state index contributed by atoms with van der Waals surface area (Å²) in [6.07, 6.45) is 10.9. The monoisotopic (exact) mass is 218 g/mol. The van der Waals surface area contributed by atoms with Crippen LogP contribution < -0.4 is 5.32 Å². The van der Waals surface area contributed by atoms with Crippen molar-refractivity contribution in [1.29, 1.82) is 0 Å². The van der Waals surface area contributed by atoms with Gasteiger partial charge in [0.05, 0.1) is 6.54 Å². The summed E-state index contributed by atoms with van der Waals surface area (Å²) in [5.41, 5.74) is 0. The van der Waals surface area contributed by atoms with E-state index in [0.717, 1.165) is 37.4 Å². The maximum atomic E-state index is 4.08. The van der Waals surface area contributed by atoms with Crippen molar-refractivity contribution in [3.05, 3.63) is 24.8 Å². The van der Waals surface area contributed by atoms with Crippen LogP contribution in [0.3, 0.4) is 0 Å². The molecule has 16 heavy (non-hydrogen) atoms. The normalized spacial score (nSPS) is 31.4. The minimum atomic E-state index is 0.851. The number of hydrogen-bond acceptors (Lipinski definition) is 3. The van der Waals surface area contributed by atoms with Crippen molar-refractivity contribution in [2.75, 3.05) is 13.1 Å². The second-order valence-corrected chi connectivity index (χ2v) is 4.90. The molecule has 1 heterocycles. The van der Waals surface area contributed by atoms with Crippen molar-refractivity contribution in [2.24, 2.45) is 17.8 Å². The molecule has 3 rings (SSSR count). The molecule has 2 aliphatic carbocycles. The lowest BCUT2D eigenvalue weighted by atomic mass is 9.94. The van der Waals surface area contributed by atoms with Crippen LogP contribution in [-0.2, 0) is 6.54 Å². The fourth-order valence-electron chi connectivity index (χ4n) is 2.96. The van der Waals surface area contributed by atoms with E-state index in [0.29, 0.717) is 0 Å². The third-order valence-electron chi connectivity index (χ3n) is 3.81. The first-order chi connectivity index (χ1) is 7.92. The van der Waals surface area contributed by atoms with Gasteiger partial charge in [0.15, 0.2) is 0 Å². The van der Waals surface area contributed by atoms with Crippen molar-refractivity contribution < 1.29 is 0 Å². The molecule has 0 saturated heterocycles. The third-order valence-corrected chi connectivity index (χ3v) is 3.81. The van der Waals surface area contributed by atoms with E-state index in [1.165, 1.54) is 12.8 Å². The standard InChI is InChI=1S/C12H18N4/c1-2-11-5-10(1)6-12(11)7-13-3-4-16-9-14-8-15-16/h1-2,8-13H,3-7H2. The predicted molar refractivity (Wildman–Crippen MR) is 61.7 cm³/mol. The van der Waals surface area contributed by atoms with E-state index in [1.54, 1.807) is 12.7 Å². The fourth-order valence-corrected chi connectivity index (χ4v) is 2.96. The molecule has 2 aliphatic rings. The molecule has 2 bridgehead atoms. The molecule has 3 atom stereocenters. The molecular weight excluding hydrogens is 200 g/mol. The van der Waals surface area contributed by atoms with Gasteiger partial charge in [0, 0.05) is 6.54 Å². The number of allylic oxidation sites excluding steroid dienone is 2. The van der Waals surface area contributed by atoms with Gasteiger partial charge in [0.25, 0.3) is 0 Å². The first-order valence-electron chi connectivity index (χ1n) is 6.13. The zero-order valence-electron chi connectivity index (χ0n) is 9.42. The molecule has 4 heteroatoms. The molecule has 86 valence electrons.